The van der Waals surface area contributed by atoms with E-state index in [2.05, 4.69) is 18.2 Å². The van der Waals surface area contributed by atoms with Crippen molar-refractivity contribution in [2.75, 3.05) is 14.2 Å². The maximum atomic E-state index is 10.3. The van der Waals surface area contributed by atoms with Gasteiger partial charge in [-0.05, 0) is 18.9 Å². The summed E-state index contributed by atoms with van der Waals surface area (Å²) in [6.07, 6.45) is 1.44. The number of nitriles is 3. The van der Waals surface area contributed by atoms with Gasteiger partial charge >= 0.3 is 0 Å². The highest BCUT2D eigenvalue weighted by Crippen LogP contribution is 2.70. The van der Waals surface area contributed by atoms with Crippen LogP contribution < -0.4 is 9.47 Å². The number of para-hydroxylation sites is 1. The molecule has 5 rings (SSSR count). The van der Waals surface area contributed by atoms with Gasteiger partial charge in [-0.15, -0.1) is 0 Å². The lowest BCUT2D eigenvalue weighted by Crippen LogP contribution is -2.73. The van der Waals surface area contributed by atoms with Gasteiger partial charge in [0.05, 0.1) is 38.3 Å². The molecular formula is C21H20N4O4. The van der Waals surface area contributed by atoms with Crippen molar-refractivity contribution in [1.29, 1.82) is 21.2 Å². The van der Waals surface area contributed by atoms with Crippen LogP contribution in [0.3, 0.4) is 0 Å². The molecule has 0 aromatic heterocycles. The van der Waals surface area contributed by atoms with Gasteiger partial charge in [0.25, 0.3) is 0 Å². The number of nitrogens with zero attached hydrogens (tertiary/aromatic N) is 3. The zero-order valence-corrected chi connectivity index (χ0v) is 16.2. The molecule has 4 aliphatic rings. The van der Waals surface area contributed by atoms with Crippen LogP contribution >= 0.6 is 0 Å². The third-order valence-corrected chi connectivity index (χ3v) is 6.53. The lowest BCUT2D eigenvalue weighted by atomic mass is 9.48. The van der Waals surface area contributed by atoms with Crippen LogP contribution in [0.5, 0.6) is 11.5 Å². The summed E-state index contributed by atoms with van der Waals surface area (Å²) >= 11 is 0. The summed E-state index contributed by atoms with van der Waals surface area (Å²) in [5.74, 6) is -1.56. The first-order valence-electron chi connectivity index (χ1n) is 9.40. The van der Waals surface area contributed by atoms with Gasteiger partial charge in [-0.25, -0.2) is 0 Å². The van der Waals surface area contributed by atoms with E-state index in [9.17, 15) is 15.8 Å². The average molecular weight is 392 g/mol. The maximum absolute atomic E-state index is 10.3. The highest BCUT2D eigenvalue weighted by Gasteiger charge is 2.80. The molecule has 1 aromatic rings. The lowest BCUT2D eigenvalue weighted by molar-refractivity contribution is -0.360. The van der Waals surface area contributed by atoms with Gasteiger partial charge in [0.2, 0.25) is 11.7 Å². The Morgan fingerprint density at radius 1 is 1.10 bits per heavy atom. The molecule has 0 amide bonds. The largest absolute Gasteiger partial charge is 0.493 e. The molecule has 0 radical (unpaired) electrons. The van der Waals surface area contributed by atoms with Gasteiger partial charge in [-0.3, -0.25) is 5.41 Å². The van der Waals surface area contributed by atoms with Crippen molar-refractivity contribution in [1.82, 2.24) is 0 Å². The summed E-state index contributed by atoms with van der Waals surface area (Å²) in [4.78, 5) is 0. The number of hydrogen-bond donors (Lipinski definition) is 1. The predicted octanol–water partition coefficient (Wildman–Crippen LogP) is 3.21. The zero-order valence-electron chi connectivity index (χ0n) is 16.2. The van der Waals surface area contributed by atoms with E-state index in [1.165, 1.54) is 14.2 Å². The molecule has 0 unspecified atom stereocenters. The van der Waals surface area contributed by atoms with Gasteiger partial charge in [0.15, 0.2) is 22.3 Å². The first kappa shape index (κ1) is 19.1. The highest BCUT2D eigenvalue weighted by molar-refractivity contribution is 5.89. The van der Waals surface area contributed by atoms with E-state index in [0.29, 0.717) is 29.9 Å². The fraction of sp³-hybridized carbons (Fsp3) is 0.524. The molecule has 3 aliphatic heterocycles. The van der Waals surface area contributed by atoms with E-state index < -0.39 is 34.5 Å². The molecule has 2 bridgehead atoms. The molecule has 1 spiro atoms. The van der Waals surface area contributed by atoms with Crippen molar-refractivity contribution in [3.63, 3.8) is 0 Å². The van der Waals surface area contributed by atoms with Gasteiger partial charge in [0, 0.05) is 12.0 Å². The fourth-order valence-corrected chi connectivity index (χ4v) is 5.24. The minimum atomic E-state index is -1.93. The molecule has 29 heavy (non-hydrogen) atoms. The Bertz CT molecular complexity index is 989. The topological polar surface area (TPSA) is 132 Å². The fourth-order valence-electron chi connectivity index (χ4n) is 5.24. The van der Waals surface area contributed by atoms with E-state index >= 15 is 0 Å². The SMILES string of the molecule is COc1cccc([C@@H]2O[C@@]34CCCC[C@@H]3C(C#N)(C#N)[C@@]2(C#N)C(=N)O4)c1OC. The quantitative estimate of drug-likeness (QED) is 0.835. The first-order valence-corrected chi connectivity index (χ1v) is 9.40. The van der Waals surface area contributed by atoms with Gasteiger partial charge in [-0.2, -0.15) is 15.8 Å². The summed E-state index contributed by atoms with van der Waals surface area (Å²) in [5, 5.41) is 39.4. The number of benzene rings is 1. The van der Waals surface area contributed by atoms with Crippen LogP contribution in [0.25, 0.3) is 0 Å². The van der Waals surface area contributed by atoms with Crippen molar-refractivity contribution in [3.05, 3.63) is 23.8 Å². The standard InChI is InChI=1S/C21H20N4O4/c1-26-14-7-5-6-13(16(14)27-2)17-20(12-24)18(25)29-21(28-17)9-4-3-8-15(21)19(20,10-22)11-23/h5-7,15,17,25H,3-4,8-9H2,1-2H3/t15-,17+,20-,21-/m1/s1. The molecule has 1 N–H and O–H groups in total. The van der Waals surface area contributed by atoms with Crippen molar-refractivity contribution >= 4 is 5.90 Å². The molecule has 4 atom stereocenters. The number of hydrogen-bond acceptors (Lipinski definition) is 8. The molecule has 8 nitrogen and oxygen atoms in total. The van der Waals surface area contributed by atoms with Gasteiger partial charge < -0.3 is 18.9 Å². The minimum absolute atomic E-state index is 0.337. The van der Waals surface area contributed by atoms with E-state index in [4.69, 9.17) is 24.4 Å². The molecule has 3 saturated heterocycles. The van der Waals surface area contributed by atoms with E-state index in [1.54, 1.807) is 18.2 Å². The van der Waals surface area contributed by atoms with Crippen molar-refractivity contribution in [2.45, 2.75) is 37.6 Å². The zero-order chi connectivity index (χ0) is 20.9. The first-order chi connectivity index (χ1) is 14.0. The van der Waals surface area contributed by atoms with Crippen LogP contribution in [-0.4, -0.2) is 25.9 Å². The molecule has 148 valence electrons. The van der Waals surface area contributed by atoms with E-state index in [-0.39, 0.29) is 0 Å². The van der Waals surface area contributed by atoms with Gasteiger partial charge in [0.1, 0.15) is 6.10 Å². The van der Waals surface area contributed by atoms with Crippen LogP contribution in [0, 0.1) is 56.2 Å². The summed E-state index contributed by atoms with van der Waals surface area (Å²) in [7, 11) is 2.96. The molecule has 1 saturated carbocycles. The van der Waals surface area contributed by atoms with Crippen molar-refractivity contribution in [3.8, 4) is 29.7 Å². The smallest absolute Gasteiger partial charge is 0.218 e. The third-order valence-electron chi connectivity index (χ3n) is 6.53. The van der Waals surface area contributed by atoms with E-state index in [1.807, 2.05) is 0 Å². The third kappa shape index (κ3) is 2.06. The lowest BCUT2D eigenvalue weighted by Gasteiger charge is -2.63. The summed E-state index contributed by atoms with van der Waals surface area (Å²) in [5.41, 5.74) is -3.27. The van der Waals surface area contributed by atoms with E-state index in [0.717, 1.165) is 12.8 Å². The summed E-state index contributed by atoms with van der Waals surface area (Å²) < 4.78 is 23.2. The second kappa shape index (κ2) is 6.37. The average Bonchev–Trinajstić information content (AvgIpc) is 2.76. The highest BCUT2D eigenvalue weighted by atomic mass is 16.7. The minimum Gasteiger partial charge on any atom is -0.493 e. The van der Waals surface area contributed by atoms with Gasteiger partial charge in [-0.1, -0.05) is 18.6 Å². The number of fused-ring (bicyclic) bond motifs is 2. The number of nitrogens with one attached hydrogen (secondary N) is 1. The molecule has 4 fully saturated rings. The summed E-state index contributed by atoms with van der Waals surface area (Å²) in [6, 6.07) is 11.5. The molecule has 8 heteroatoms. The Hall–Kier alpha value is -3.28. The molecule has 1 aromatic carbocycles. The molecule has 3 heterocycles. The van der Waals surface area contributed by atoms with Crippen molar-refractivity contribution < 1.29 is 18.9 Å². The van der Waals surface area contributed by atoms with Crippen LogP contribution in [0.15, 0.2) is 18.2 Å². The monoisotopic (exact) mass is 392 g/mol. The van der Waals surface area contributed by atoms with Crippen LogP contribution in [0.4, 0.5) is 0 Å². The molecule has 1 aliphatic carbocycles. The van der Waals surface area contributed by atoms with Crippen molar-refractivity contribution in [2.24, 2.45) is 16.7 Å². The number of ether oxygens (including phenoxy) is 4. The normalized spacial score (nSPS) is 34.0. The Kier molecular flexibility index (Phi) is 4.19. The van der Waals surface area contributed by atoms with Crippen LogP contribution in [-0.2, 0) is 9.47 Å². The number of rotatable bonds is 3. The number of methoxy groups -OCH3 is 2. The molecular weight excluding hydrogens is 372 g/mol. The second-order valence-corrected chi connectivity index (χ2v) is 7.57. The second-order valence-electron chi connectivity index (χ2n) is 7.57. The van der Waals surface area contributed by atoms with Crippen LogP contribution in [0.2, 0.25) is 0 Å². The maximum Gasteiger partial charge on any atom is 0.218 e. The Morgan fingerprint density at radius 2 is 1.86 bits per heavy atom. The predicted molar refractivity (Wildman–Crippen MR) is 98.6 cm³/mol. The summed E-state index contributed by atoms with van der Waals surface area (Å²) in [6.45, 7) is 0. The Labute approximate surface area is 168 Å². The Morgan fingerprint density at radius 3 is 2.48 bits per heavy atom. The Balaban J connectivity index is 2.04. The van der Waals surface area contributed by atoms with Crippen LogP contribution in [0.1, 0.15) is 37.4 Å².